The topological polar surface area (TPSA) is 91.1 Å². The maximum Gasteiger partial charge on any atom is 0.410 e. The van der Waals surface area contributed by atoms with Gasteiger partial charge < -0.3 is 24.8 Å². The summed E-state index contributed by atoms with van der Waals surface area (Å²) >= 11 is 0. The number of piperidine rings is 1. The molecule has 2 atom stereocenters. The van der Waals surface area contributed by atoms with Crippen molar-refractivity contribution in [1.29, 1.82) is 0 Å². The molecule has 8 heteroatoms. The lowest BCUT2D eigenvalue weighted by molar-refractivity contribution is -0.0106. The Kier molecular flexibility index (Phi) is 7.22. The maximum atomic E-state index is 14.9. The number of halogens is 1. The van der Waals surface area contributed by atoms with Crippen LogP contribution in [0, 0.1) is 0 Å². The molecule has 2 aromatic carbocycles. The van der Waals surface area contributed by atoms with Crippen LogP contribution in [0.1, 0.15) is 43.1 Å². The molecule has 2 unspecified atom stereocenters. The van der Waals surface area contributed by atoms with Crippen molar-refractivity contribution in [2.45, 2.75) is 51.7 Å². The summed E-state index contributed by atoms with van der Waals surface area (Å²) < 4.78 is 31.8. The first-order chi connectivity index (χ1) is 15.1. The van der Waals surface area contributed by atoms with Crippen LogP contribution >= 0.6 is 0 Å². The number of hydrogen-bond acceptors (Lipinski definition) is 5. The molecule has 1 fully saturated rings. The van der Waals surface area contributed by atoms with Crippen LogP contribution in [0.25, 0.3) is 0 Å². The molecule has 2 aromatic rings. The van der Waals surface area contributed by atoms with Crippen LogP contribution in [-0.2, 0) is 11.3 Å². The second kappa shape index (κ2) is 9.89. The Morgan fingerprint density at radius 3 is 2.50 bits per heavy atom. The smallest absolute Gasteiger partial charge is 0.410 e. The fourth-order valence-electron chi connectivity index (χ4n) is 3.31. The fourth-order valence-corrected chi connectivity index (χ4v) is 3.31. The van der Waals surface area contributed by atoms with Crippen molar-refractivity contribution in [1.82, 2.24) is 4.90 Å². The van der Waals surface area contributed by atoms with Gasteiger partial charge in [-0.15, -0.1) is 0 Å². The normalized spacial score (nSPS) is 18.7. The molecule has 1 aliphatic rings. The van der Waals surface area contributed by atoms with Crippen LogP contribution in [-0.4, -0.2) is 47.9 Å². The van der Waals surface area contributed by atoms with Gasteiger partial charge in [0.1, 0.15) is 29.8 Å². The lowest BCUT2D eigenvalue weighted by Crippen LogP contribution is -2.50. The van der Waals surface area contributed by atoms with Gasteiger partial charge in [0.05, 0.1) is 12.1 Å². The minimum atomic E-state index is -1.45. The predicted octanol–water partition coefficient (Wildman–Crippen LogP) is 4.09. The van der Waals surface area contributed by atoms with Gasteiger partial charge in [0.25, 0.3) is 5.91 Å². The van der Waals surface area contributed by atoms with Crippen LogP contribution in [0.4, 0.5) is 9.18 Å². The van der Waals surface area contributed by atoms with Crippen LogP contribution in [0.15, 0.2) is 48.5 Å². The van der Waals surface area contributed by atoms with E-state index in [1.54, 1.807) is 26.8 Å². The Bertz CT molecular complexity index is 945. The number of amides is 2. The zero-order valence-corrected chi connectivity index (χ0v) is 18.5. The molecule has 1 saturated heterocycles. The summed E-state index contributed by atoms with van der Waals surface area (Å²) in [6.45, 7) is 5.71. The number of ether oxygens (including phenoxy) is 3. The van der Waals surface area contributed by atoms with Gasteiger partial charge in [0, 0.05) is 19.0 Å². The summed E-state index contributed by atoms with van der Waals surface area (Å²) in [5.41, 5.74) is 5.92. The van der Waals surface area contributed by atoms with Gasteiger partial charge in [0.15, 0.2) is 6.17 Å². The van der Waals surface area contributed by atoms with E-state index in [-0.39, 0.29) is 30.8 Å². The number of alkyl halides is 1. The van der Waals surface area contributed by atoms with Gasteiger partial charge in [-0.2, -0.15) is 0 Å². The van der Waals surface area contributed by atoms with E-state index in [1.807, 2.05) is 30.3 Å². The molecular weight excluding hydrogens is 415 g/mol. The zero-order valence-electron chi connectivity index (χ0n) is 18.5. The minimum Gasteiger partial charge on any atom is -0.489 e. The van der Waals surface area contributed by atoms with E-state index in [9.17, 15) is 14.0 Å². The van der Waals surface area contributed by atoms with Gasteiger partial charge in [-0.3, -0.25) is 4.79 Å². The summed E-state index contributed by atoms with van der Waals surface area (Å²) in [5.74, 6) is -0.0620. The quantitative estimate of drug-likeness (QED) is 0.725. The Balaban J connectivity index is 1.67. The molecule has 1 aliphatic heterocycles. The minimum absolute atomic E-state index is 0.138. The van der Waals surface area contributed by atoms with Crippen molar-refractivity contribution in [2.24, 2.45) is 5.73 Å². The van der Waals surface area contributed by atoms with E-state index in [2.05, 4.69) is 0 Å². The SMILES string of the molecule is CC(C)(C)OC(=O)N1CCC(Oc2cc(OCc3ccccc3)ccc2C(N)=O)C(F)C1. The lowest BCUT2D eigenvalue weighted by Gasteiger charge is -2.35. The average molecular weight is 445 g/mol. The van der Waals surface area contributed by atoms with Crippen molar-refractivity contribution in [2.75, 3.05) is 13.1 Å². The number of carbonyl (C=O) groups excluding carboxylic acids is 2. The molecule has 3 rings (SSSR count). The molecule has 7 nitrogen and oxygen atoms in total. The number of carbonyl (C=O) groups is 2. The molecule has 0 bridgehead atoms. The summed E-state index contributed by atoms with van der Waals surface area (Å²) in [5, 5.41) is 0. The third-order valence-corrected chi connectivity index (χ3v) is 4.88. The third kappa shape index (κ3) is 6.35. The van der Waals surface area contributed by atoms with Gasteiger partial charge in [0.2, 0.25) is 0 Å². The molecule has 0 saturated carbocycles. The highest BCUT2D eigenvalue weighted by Gasteiger charge is 2.35. The van der Waals surface area contributed by atoms with E-state index in [0.717, 1.165) is 5.56 Å². The summed E-state index contributed by atoms with van der Waals surface area (Å²) in [7, 11) is 0. The van der Waals surface area contributed by atoms with Gasteiger partial charge in [-0.05, 0) is 38.5 Å². The molecule has 2 amide bonds. The second-order valence-corrected chi connectivity index (χ2v) is 8.68. The molecule has 0 spiro atoms. The summed E-state index contributed by atoms with van der Waals surface area (Å²) in [6, 6.07) is 14.3. The van der Waals surface area contributed by atoms with E-state index >= 15 is 0 Å². The number of nitrogens with two attached hydrogens (primary N) is 1. The van der Waals surface area contributed by atoms with Crippen LogP contribution < -0.4 is 15.2 Å². The van der Waals surface area contributed by atoms with E-state index in [4.69, 9.17) is 19.9 Å². The average Bonchev–Trinajstić information content (AvgIpc) is 2.73. The van der Waals surface area contributed by atoms with Crippen LogP contribution in [0.5, 0.6) is 11.5 Å². The first kappa shape index (κ1) is 23.4. The Morgan fingerprint density at radius 2 is 1.88 bits per heavy atom. The number of likely N-dealkylation sites (tertiary alicyclic amines) is 1. The second-order valence-electron chi connectivity index (χ2n) is 8.68. The molecule has 32 heavy (non-hydrogen) atoms. The van der Waals surface area contributed by atoms with Gasteiger partial charge in [-0.1, -0.05) is 30.3 Å². The number of primary amides is 1. The highest BCUT2D eigenvalue weighted by atomic mass is 19.1. The van der Waals surface area contributed by atoms with Crippen LogP contribution in [0.2, 0.25) is 0 Å². The first-order valence-corrected chi connectivity index (χ1v) is 10.5. The molecule has 172 valence electrons. The number of hydrogen-bond donors (Lipinski definition) is 1. The third-order valence-electron chi connectivity index (χ3n) is 4.88. The zero-order chi connectivity index (χ0) is 23.3. The van der Waals surface area contributed by atoms with Crippen molar-refractivity contribution >= 4 is 12.0 Å². The van der Waals surface area contributed by atoms with E-state index in [0.29, 0.717) is 12.4 Å². The number of rotatable bonds is 6. The molecule has 2 N–H and O–H groups in total. The maximum absolute atomic E-state index is 14.9. The predicted molar refractivity (Wildman–Crippen MR) is 117 cm³/mol. The molecular formula is C24H29FN2O5. The van der Waals surface area contributed by atoms with Crippen molar-refractivity contribution in [3.8, 4) is 11.5 Å². The van der Waals surface area contributed by atoms with Crippen LogP contribution in [0.3, 0.4) is 0 Å². The molecule has 1 heterocycles. The monoisotopic (exact) mass is 444 g/mol. The van der Waals surface area contributed by atoms with E-state index in [1.165, 1.54) is 17.0 Å². The molecule has 0 aliphatic carbocycles. The van der Waals surface area contributed by atoms with Gasteiger partial charge >= 0.3 is 6.09 Å². The number of nitrogens with zero attached hydrogens (tertiary/aromatic N) is 1. The van der Waals surface area contributed by atoms with E-state index < -0.39 is 29.9 Å². The van der Waals surface area contributed by atoms with Gasteiger partial charge in [-0.25, -0.2) is 9.18 Å². The first-order valence-electron chi connectivity index (χ1n) is 10.5. The fraction of sp³-hybridized carbons (Fsp3) is 0.417. The molecule has 0 aromatic heterocycles. The summed E-state index contributed by atoms with van der Waals surface area (Å²) in [4.78, 5) is 25.4. The standard InChI is InChI=1S/C24H29FN2O5/c1-24(2,3)32-23(29)27-12-11-20(19(25)14-27)31-21-13-17(9-10-18(21)22(26)28)30-15-16-7-5-4-6-8-16/h4-10,13,19-20H,11-12,14-15H2,1-3H3,(H2,26,28). The Morgan fingerprint density at radius 1 is 1.16 bits per heavy atom. The van der Waals surface area contributed by atoms with Crippen molar-refractivity contribution < 1.29 is 28.2 Å². The summed E-state index contributed by atoms with van der Waals surface area (Å²) in [6.07, 6.45) is -2.61. The highest BCUT2D eigenvalue weighted by molar-refractivity contribution is 5.95. The van der Waals surface area contributed by atoms with Crippen molar-refractivity contribution in [3.05, 3.63) is 59.7 Å². The Hall–Kier alpha value is -3.29. The largest absolute Gasteiger partial charge is 0.489 e. The Labute approximate surface area is 187 Å². The highest BCUT2D eigenvalue weighted by Crippen LogP contribution is 2.29. The molecule has 0 radical (unpaired) electrons. The lowest BCUT2D eigenvalue weighted by atomic mass is 10.1. The van der Waals surface area contributed by atoms with Crippen molar-refractivity contribution in [3.63, 3.8) is 0 Å². The number of benzene rings is 2.